The second-order valence-electron chi connectivity index (χ2n) is 6.13. The van der Waals surface area contributed by atoms with E-state index in [0.717, 1.165) is 51.4 Å². The number of hydrogen-bond acceptors (Lipinski definition) is 2. The van der Waals surface area contributed by atoms with Crippen molar-refractivity contribution in [1.29, 1.82) is 0 Å². The molecule has 0 aromatic carbocycles. The Morgan fingerprint density at radius 2 is 2.31 bits per heavy atom. The van der Waals surface area contributed by atoms with Gasteiger partial charge < -0.3 is 10.2 Å². The van der Waals surface area contributed by atoms with Crippen LogP contribution in [0.25, 0.3) is 0 Å². The van der Waals surface area contributed by atoms with E-state index >= 15 is 0 Å². The Morgan fingerprint density at radius 3 is 2.88 bits per heavy atom. The molecule has 92 valence electrons. The molecule has 0 spiro atoms. The van der Waals surface area contributed by atoms with E-state index in [2.05, 4.69) is 24.1 Å². The van der Waals surface area contributed by atoms with Crippen molar-refractivity contribution >= 4 is 5.91 Å². The molecule has 1 N–H and O–H groups in total. The molecule has 0 bridgehead atoms. The fourth-order valence-electron chi connectivity index (χ4n) is 2.77. The fourth-order valence-corrected chi connectivity index (χ4v) is 2.77. The molecular weight excluding hydrogens is 200 g/mol. The molecule has 1 unspecified atom stereocenters. The van der Waals surface area contributed by atoms with Crippen molar-refractivity contribution < 1.29 is 4.79 Å². The number of amides is 1. The maximum Gasteiger partial charge on any atom is 0.222 e. The molecule has 2 aliphatic heterocycles. The van der Waals surface area contributed by atoms with Gasteiger partial charge in [-0.1, -0.05) is 13.8 Å². The molecule has 2 aliphatic rings. The molecule has 0 aromatic rings. The molecule has 0 aromatic heterocycles. The molecule has 0 saturated carbocycles. The number of rotatable bonds is 3. The molecule has 3 nitrogen and oxygen atoms in total. The first-order valence-electron chi connectivity index (χ1n) is 6.55. The van der Waals surface area contributed by atoms with Gasteiger partial charge in [0.15, 0.2) is 0 Å². The van der Waals surface area contributed by atoms with E-state index < -0.39 is 0 Å². The SMILES string of the molecule is CC1(C)CCN(C(=O)CCC2CCNC2)C1. The first-order chi connectivity index (χ1) is 7.57. The third-order valence-corrected chi connectivity index (χ3v) is 3.96. The van der Waals surface area contributed by atoms with E-state index in [4.69, 9.17) is 0 Å². The van der Waals surface area contributed by atoms with Gasteiger partial charge in [0, 0.05) is 19.5 Å². The summed E-state index contributed by atoms with van der Waals surface area (Å²) in [4.78, 5) is 14.1. The molecule has 3 heteroatoms. The molecule has 1 amide bonds. The largest absolute Gasteiger partial charge is 0.342 e. The van der Waals surface area contributed by atoms with E-state index in [1.165, 1.54) is 6.42 Å². The standard InChI is InChI=1S/C13H24N2O/c1-13(2)6-8-15(10-13)12(16)4-3-11-5-7-14-9-11/h11,14H,3-10H2,1-2H3. The van der Waals surface area contributed by atoms with Crippen LogP contribution in [0, 0.1) is 11.3 Å². The Kier molecular flexibility index (Phi) is 3.53. The Labute approximate surface area is 98.6 Å². The molecule has 1 atom stereocenters. The van der Waals surface area contributed by atoms with Gasteiger partial charge in [0.25, 0.3) is 0 Å². The molecule has 2 heterocycles. The van der Waals surface area contributed by atoms with Gasteiger partial charge in [0.1, 0.15) is 0 Å². The van der Waals surface area contributed by atoms with E-state index in [1.807, 2.05) is 0 Å². The number of nitrogens with one attached hydrogen (secondary N) is 1. The number of likely N-dealkylation sites (tertiary alicyclic amines) is 1. The van der Waals surface area contributed by atoms with Crippen LogP contribution in [0.15, 0.2) is 0 Å². The topological polar surface area (TPSA) is 32.3 Å². The Bertz CT molecular complexity index is 257. The smallest absolute Gasteiger partial charge is 0.222 e. The highest BCUT2D eigenvalue weighted by Crippen LogP contribution is 2.29. The molecule has 0 radical (unpaired) electrons. The number of carbonyl (C=O) groups is 1. The van der Waals surface area contributed by atoms with Gasteiger partial charge in [-0.25, -0.2) is 0 Å². The lowest BCUT2D eigenvalue weighted by Crippen LogP contribution is -2.30. The zero-order valence-corrected chi connectivity index (χ0v) is 10.6. The lowest BCUT2D eigenvalue weighted by Gasteiger charge is -2.20. The second-order valence-corrected chi connectivity index (χ2v) is 6.13. The van der Waals surface area contributed by atoms with Crippen molar-refractivity contribution in [3.05, 3.63) is 0 Å². The zero-order valence-electron chi connectivity index (χ0n) is 10.6. The van der Waals surface area contributed by atoms with Crippen LogP contribution in [0.3, 0.4) is 0 Å². The highest BCUT2D eigenvalue weighted by atomic mass is 16.2. The summed E-state index contributed by atoms with van der Waals surface area (Å²) in [5.74, 6) is 1.11. The van der Waals surface area contributed by atoms with E-state index in [1.54, 1.807) is 0 Å². The van der Waals surface area contributed by atoms with E-state index in [9.17, 15) is 4.79 Å². The maximum absolute atomic E-state index is 12.0. The fraction of sp³-hybridized carbons (Fsp3) is 0.923. The summed E-state index contributed by atoms with van der Waals surface area (Å²) in [6.07, 6.45) is 4.23. The third kappa shape index (κ3) is 2.97. The Balaban J connectivity index is 1.71. The summed E-state index contributed by atoms with van der Waals surface area (Å²) in [6, 6.07) is 0. The first-order valence-corrected chi connectivity index (χ1v) is 6.55. The van der Waals surface area contributed by atoms with Crippen molar-refractivity contribution in [3.8, 4) is 0 Å². The average Bonchev–Trinajstić information content (AvgIpc) is 2.83. The van der Waals surface area contributed by atoms with Gasteiger partial charge in [-0.2, -0.15) is 0 Å². The summed E-state index contributed by atoms with van der Waals surface area (Å²) in [5.41, 5.74) is 0.338. The zero-order chi connectivity index (χ0) is 11.6. The second kappa shape index (κ2) is 4.74. The number of hydrogen-bond donors (Lipinski definition) is 1. The Hall–Kier alpha value is -0.570. The number of carbonyl (C=O) groups excluding carboxylic acids is 1. The van der Waals surface area contributed by atoms with Gasteiger partial charge >= 0.3 is 0 Å². The van der Waals surface area contributed by atoms with Crippen molar-refractivity contribution in [1.82, 2.24) is 10.2 Å². The molecule has 0 aliphatic carbocycles. The molecule has 2 rings (SSSR count). The highest BCUT2D eigenvalue weighted by Gasteiger charge is 2.31. The van der Waals surface area contributed by atoms with E-state index in [-0.39, 0.29) is 0 Å². The molecule has 2 saturated heterocycles. The van der Waals surface area contributed by atoms with Crippen molar-refractivity contribution in [2.45, 2.75) is 39.5 Å². The van der Waals surface area contributed by atoms with Gasteiger partial charge in [-0.15, -0.1) is 0 Å². The van der Waals surface area contributed by atoms with Crippen LogP contribution in [0.5, 0.6) is 0 Å². The van der Waals surface area contributed by atoms with Crippen molar-refractivity contribution in [2.24, 2.45) is 11.3 Å². The van der Waals surface area contributed by atoms with E-state index in [0.29, 0.717) is 11.3 Å². The normalized spacial score (nSPS) is 28.6. The third-order valence-electron chi connectivity index (χ3n) is 3.96. The summed E-state index contributed by atoms with van der Waals surface area (Å²) >= 11 is 0. The van der Waals surface area contributed by atoms with Crippen molar-refractivity contribution in [3.63, 3.8) is 0 Å². The summed E-state index contributed by atoms with van der Waals surface area (Å²) in [5, 5.41) is 3.35. The van der Waals surface area contributed by atoms with Gasteiger partial charge in [0.05, 0.1) is 0 Å². The minimum Gasteiger partial charge on any atom is -0.342 e. The lowest BCUT2D eigenvalue weighted by atomic mass is 9.93. The van der Waals surface area contributed by atoms with Crippen LogP contribution < -0.4 is 5.32 Å². The lowest BCUT2D eigenvalue weighted by molar-refractivity contribution is -0.130. The molecular formula is C13H24N2O. The Morgan fingerprint density at radius 1 is 1.50 bits per heavy atom. The van der Waals surface area contributed by atoms with Crippen LogP contribution >= 0.6 is 0 Å². The summed E-state index contributed by atoms with van der Waals surface area (Å²) in [7, 11) is 0. The van der Waals surface area contributed by atoms with Crippen LogP contribution in [-0.2, 0) is 4.79 Å². The summed E-state index contributed by atoms with van der Waals surface area (Å²) in [6.45, 7) is 8.67. The van der Waals surface area contributed by atoms with Crippen molar-refractivity contribution in [2.75, 3.05) is 26.2 Å². The average molecular weight is 224 g/mol. The maximum atomic E-state index is 12.0. The predicted octanol–water partition coefficient (Wildman–Crippen LogP) is 1.63. The summed E-state index contributed by atoms with van der Waals surface area (Å²) < 4.78 is 0. The minimum absolute atomic E-state index is 0.338. The van der Waals surface area contributed by atoms with Gasteiger partial charge in [-0.05, 0) is 43.7 Å². The number of nitrogens with zero attached hydrogens (tertiary/aromatic N) is 1. The molecule has 16 heavy (non-hydrogen) atoms. The van der Waals surface area contributed by atoms with Gasteiger partial charge in [0.2, 0.25) is 5.91 Å². The highest BCUT2D eigenvalue weighted by molar-refractivity contribution is 5.76. The van der Waals surface area contributed by atoms with Crippen LogP contribution in [0.1, 0.15) is 39.5 Å². The quantitative estimate of drug-likeness (QED) is 0.790. The predicted molar refractivity (Wildman–Crippen MR) is 65.2 cm³/mol. The monoisotopic (exact) mass is 224 g/mol. The van der Waals surface area contributed by atoms with Crippen LogP contribution in [0.2, 0.25) is 0 Å². The minimum atomic E-state index is 0.338. The first kappa shape index (κ1) is 11.9. The van der Waals surface area contributed by atoms with Crippen LogP contribution in [-0.4, -0.2) is 37.0 Å². The van der Waals surface area contributed by atoms with Crippen LogP contribution in [0.4, 0.5) is 0 Å². The van der Waals surface area contributed by atoms with Gasteiger partial charge in [-0.3, -0.25) is 4.79 Å². The molecule has 2 fully saturated rings.